The molecule has 6 nitrogen and oxygen atoms in total. The molecule has 0 fully saturated rings. The average Bonchev–Trinajstić information content (AvgIpc) is 2.80. The number of nitrogens with one attached hydrogen (secondary N) is 1. The van der Waals surface area contributed by atoms with Crippen molar-refractivity contribution in [2.45, 2.75) is 20.0 Å². The summed E-state index contributed by atoms with van der Waals surface area (Å²) >= 11 is 6.54. The summed E-state index contributed by atoms with van der Waals surface area (Å²) < 4.78 is 5.65. The number of aromatic nitrogens is 4. The fourth-order valence-electron chi connectivity index (χ4n) is 3.64. The van der Waals surface area contributed by atoms with Gasteiger partial charge in [0.05, 0.1) is 28.0 Å². The first-order valence-corrected chi connectivity index (χ1v) is 10.6. The number of pyridine rings is 2. The smallest absolute Gasteiger partial charge is 0.251 e. The number of aromatic amines is 1. The topological polar surface area (TPSA) is 80.8 Å². The Morgan fingerprint density at radius 2 is 1.72 bits per heavy atom. The number of ether oxygens (including phenoxy) is 1. The minimum absolute atomic E-state index is 0.142. The molecule has 0 bridgehead atoms. The van der Waals surface area contributed by atoms with Crippen molar-refractivity contribution < 1.29 is 4.74 Å². The van der Waals surface area contributed by atoms with Gasteiger partial charge in [-0.2, -0.15) is 0 Å². The van der Waals surface area contributed by atoms with Gasteiger partial charge in [0, 0.05) is 28.9 Å². The zero-order chi connectivity index (χ0) is 22.2. The van der Waals surface area contributed by atoms with Gasteiger partial charge in [-0.1, -0.05) is 48.0 Å². The average molecular weight is 443 g/mol. The highest BCUT2D eigenvalue weighted by atomic mass is 35.5. The van der Waals surface area contributed by atoms with E-state index in [9.17, 15) is 4.79 Å². The molecule has 0 aliphatic heterocycles. The summed E-state index contributed by atoms with van der Waals surface area (Å²) in [5, 5.41) is 1.38. The zero-order valence-electron chi connectivity index (χ0n) is 17.5. The van der Waals surface area contributed by atoms with Crippen LogP contribution in [0.1, 0.15) is 13.8 Å². The highest BCUT2D eigenvalue weighted by Crippen LogP contribution is 2.34. The molecule has 158 valence electrons. The molecule has 0 saturated heterocycles. The van der Waals surface area contributed by atoms with Gasteiger partial charge in [-0.05, 0) is 32.0 Å². The first-order valence-electron chi connectivity index (χ1n) is 10.2. The van der Waals surface area contributed by atoms with E-state index >= 15 is 0 Å². The van der Waals surface area contributed by atoms with E-state index in [4.69, 9.17) is 26.3 Å². The maximum atomic E-state index is 13.1. The maximum absolute atomic E-state index is 13.1. The highest BCUT2D eigenvalue weighted by molar-refractivity contribution is 6.35. The lowest BCUT2D eigenvalue weighted by atomic mass is 10.0. The lowest BCUT2D eigenvalue weighted by Gasteiger charge is -2.13. The second-order valence-corrected chi connectivity index (χ2v) is 8.07. The first-order chi connectivity index (χ1) is 15.5. The molecule has 3 aromatic heterocycles. The van der Waals surface area contributed by atoms with Gasteiger partial charge in [0.1, 0.15) is 0 Å². The molecular formula is C25H19ClN4O2. The molecular weight excluding hydrogens is 424 g/mol. The molecule has 0 unspecified atom stereocenters. The molecule has 0 spiro atoms. The van der Waals surface area contributed by atoms with Crippen LogP contribution in [-0.2, 0) is 0 Å². The van der Waals surface area contributed by atoms with E-state index in [2.05, 4.69) is 9.97 Å². The van der Waals surface area contributed by atoms with Gasteiger partial charge in [0.25, 0.3) is 5.43 Å². The van der Waals surface area contributed by atoms with Crippen LogP contribution in [0.15, 0.2) is 71.8 Å². The number of H-pyrrole nitrogens is 1. The molecule has 5 aromatic rings. The van der Waals surface area contributed by atoms with Crippen molar-refractivity contribution in [1.82, 2.24) is 19.9 Å². The van der Waals surface area contributed by atoms with Crippen molar-refractivity contribution >= 4 is 33.7 Å². The standard InChI is InChI=1S/C25H19ClN4O2/c1-14(2)32-19-13-28-25-23(24(19)31)29-22(21(30-25)15-7-4-3-5-8-15)17-11-16-9-6-10-27-20(16)18(26)12-17/h3-14H,1-2H3,(H,28,30,31). The summed E-state index contributed by atoms with van der Waals surface area (Å²) in [6.07, 6.45) is 3.10. The summed E-state index contributed by atoms with van der Waals surface area (Å²) in [5.41, 5.74) is 3.82. The molecule has 32 heavy (non-hydrogen) atoms. The van der Waals surface area contributed by atoms with E-state index < -0.39 is 0 Å². The van der Waals surface area contributed by atoms with Crippen LogP contribution in [0.5, 0.6) is 5.75 Å². The third kappa shape index (κ3) is 3.59. The quantitative estimate of drug-likeness (QED) is 0.389. The van der Waals surface area contributed by atoms with Gasteiger partial charge in [-0.3, -0.25) is 9.78 Å². The number of benzene rings is 2. The number of hydrogen-bond donors (Lipinski definition) is 1. The SMILES string of the molecule is CC(C)Oc1c[nH]c2nc(-c3ccccc3)c(-c3cc(Cl)c4ncccc4c3)nc2c1=O. The van der Waals surface area contributed by atoms with E-state index in [1.54, 1.807) is 6.20 Å². The van der Waals surface area contributed by atoms with Crippen molar-refractivity contribution in [3.8, 4) is 28.3 Å². The van der Waals surface area contributed by atoms with Crippen LogP contribution in [-0.4, -0.2) is 26.0 Å². The van der Waals surface area contributed by atoms with Gasteiger partial charge in [0.15, 0.2) is 16.9 Å². The molecule has 0 radical (unpaired) electrons. The Balaban J connectivity index is 1.83. The molecule has 7 heteroatoms. The second-order valence-electron chi connectivity index (χ2n) is 7.67. The maximum Gasteiger partial charge on any atom is 0.251 e. The Kier molecular flexibility index (Phi) is 5.07. The lowest BCUT2D eigenvalue weighted by molar-refractivity contribution is 0.239. The molecule has 0 amide bonds. The first kappa shape index (κ1) is 20.2. The summed E-state index contributed by atoms with van der Waals surface area (Å²) in [6, 6.07) is 17.3. The molecule has 0 aliphatic carbocycles. The van der Waals surface area contributed by atoms with Crippen LogP contribution in [0.25, 0.3) is 44.6 Å². The predicted octanol–water partition coefficient (Wildman–Crippen LogP) is 5.64. The molecule has 5 rings (SSSR count). The van der Waals surface area contributed by atoms with E-state index in [1.165, 1.54) is 6.20 Å². The number of nitrogens with zero attached hydrogens (tertiary/aromatic N) is 3. The predicted molar refractivity (Wildman–Crippen MR) is 127 cm³/mol. The van der Waals surface area contributed by atoms with E-state index in [-0.39, 0.29) is 22.8 Å². The van der Waals surface area contributed by atoms with Crippen molar-refractivity contribution in [2.75, 3.05) is 0 Å². The van der Waals surface area contributed by atoms with Crippen LogP contribution in [0.2, 0.25) is 5.02 Å². The highest BCUT2D eigenvalue weighted by Gasteiger charge is 2.18. The van der Waals surface area contributed by atoms with E-state index in [0.717, 1.165) is 16.5 Å². The Labute approximate surface area is 188 Å². The number of hydrogen-bond acceptors (Lipinski definition) is 5. The molecule has 0 aliphatic rings. The molecule has 0 atom stereocenters. The van der Waals surface area contributed by atoms with Crippen molar-refractivity contribution in [2.24, 2.45) is 0 Å². The van der Waals surface area contributed by atoms with Gasteiger partial charge in [0.2, 0.25) is 0 Å². The Hall–Kier alpha value is -3.77. The largest absolute Gasteiger partial charge is 0.485 e. The number of rotatable bonds is 4. The lowest BCUT2D eigenvalue weighted by Crippen LogP contribution is -2.16. The Morgan fingerprint density at radius 1 is 0.938 bits per heavy atom. The van der Waals surface area contributed by atoms with Crippen LogP contribution in [0.4, 0.5) is 0 Å². The van der Waals surface area contributed by atoms with Gasteiger partial charge < -0.3 is 9.72 Å². The minimum Gasteiger partial charge on any atom is -0.485 e. The van der Waals surface area contributed by atoms with Crippen LogP contribution in [0, 0.1) is 0 Å². The van der Waals surface area contributed by atoms with E-state index in [0.29, 0.717) is 27.6 Å². The summed E-state index contributed by atoms with van der Waals surface area (Å²) in [4.78, 5) is 30.1. The van der Waals surface area contributed by atoms with Gasteiger partial charge >= 0.3 is 0 Å². The second kappa shape index (κ2) is 8.05. The van der Waals surface area contributed by atoms with Crippen molar-refractivity contribution in [3.63, 3.8) is 0 Å². The monoisotopic (exact) mass is 442 g/mol. The number of fused-ring (bicyclic) bond motifs is 2. The third-order valence-corrected chi connectivity index (χ3v) is 5.30. The van der Waals surface area contributed by atoms with Crippen LogP contribution < -0.4 is 10.2 Å². The molecule has 0 saturated carbocycles. The van der Waals surface area contributed by atoms with E-state index in [1.807, 2.05) is 68.4 Å². The van der Waals surface area contributed by atoms with Crippen LogP contribution >= 0.6 is 11.6 Å². The Bertz CT molecular complexity index is 1510. The fraction of sp³-hybridized carbons (Fsp3) is 0.120. The third-order valence-electron chi connectivity index (χ3n) is 5.02. The van der Waals surface area contributed by atoms with Crippen LogP contribution in [0.3, 0.4) is 0 Å². The minimum atomic E-state index is -0.311. The fourth-order valence-corrected chi connectivity index (χ4v) is 3.91. The summed E-state index contributed by atoms with van der Waals surface area (Å²) in [7, 11) is 0. The summed E-state index contributed by atoms with van der Waals surface area (Å²) in [6.45, 7) is 3.73. The molecule has 2 aromatic carbocycles. The molecule has 1 N–H and O–H groups in total. The number of halogens is 1. The Morgan fingerprint density at radius 3 is 2.50 bits per heavy atom. The van der Waals surface area contributed by atoms with Gasteiger partial charge in [-0.15, -0.1) is 0 Å². The molecule has 3 heterocycles. The zero-order valence-corrected chi connectivity index (χ0v) is 18.2. The van der Waals surface area contributed by atoms with Crippen molar-refractivity contribution in [1.29, 1.82) is 0 Å². The normalized spacial score (nSPS) is 11.4. The summed E-state index contributed by atoms with van der Waals surface area (Å²) in [5.74, 6) is 0.209. The van der Waals surface area contributed by atoms with Gasteiger partial charge in [-0.25, -0.2) is 9.97 Å². The van der Waals surface area contributed by atoms with Crippen molar-refractivity contribution in [3.05, 3.63) is 82.2 Å².